The van der Waals surface area contributed by atoms with E-state index in [1.165, 1.54) is 6.92 Å². The van der Waals surface area contributed by atoms with Crippen LogP contribution >= 0.6 is 0 Å². The first-order chi connectivity index (χ1) is 14.6. The fourth-order valence-corrected chi connectivity index (χ4v) is 3.36. The van der Waals surface area contributed by atoms with Crippen LogP contribution < -0.4 is 21.3 Å². The fourth-order valence-electron chi connectivity index (χ4n) is 3.36. The Morgan fingerprint density at radius 3 is 2.50 bits per heavy atom. The number of morpholine rings is 1. The molecule has 1 amide bonds. The Morgan fingerprint density at radius 1 is 1.07 bits per heavy atom. The smallest absolute Gasteiger partial charge is 0.227 e. The van der Waals surface area contributed by atoms with E-state index in [2.05, 4.69) is 25.5 Å². The summed E-state index contributed by atoms with van der Waals surface area (Å²) >= 11 is 0. The predicted molar refractivity (Wildman–Crippen MR) is 119 cm³/mol. The minimum Gasteiger partial charge on any atom is -0.397 e. The molecule has 1 fully saturated rings. The highest BCUT2D eigenvalue weighted by Gasteiger charge is 2.14. The Balaban J connectivity index is 1.49. The van der Waals surface area contributed by atoms with E-state index < -0.39 is 0 Å². The number of amides is 1. The Kier molecular flexibility index (Phi) is 5.76. The van der Waals surface area contributed by atoms with Crippen LogP contribution in [0.1, 0.15) is 6.92 Å². The van der Waals surface area contributed by atoms with Gasteiger partial charge in [0.2, 0.25) is 11.9 Å². The van der Waals surface area contributed by atoms with Gasteiger partial charge in [0.25, 0.3) is 0 Å². The van der Waals surface area contributed by atoms with E-state index in [9.17, 15) is 4.79 Å². The summed E-state index contributed by atoms with van der Waals surface area (Å²) in [7, 11) is 0. The number of rotatable bonds is 5. The van der Waals surface area contributed by atoms with Crippen molar-refractivity contribution in [3.8, 4) is 11.3 Å². The van der Waals surface area contributed by atoms with Gasteiger partial charge in [-0.3, -0.25) is 4.79 Å². The second kappa shape index (κ2) is 8.79. The molecule has 154 valence electrons. The number of hydrogen-bond donors (Lipinski definition) is 3. The first kappa shape index (κ1) is 19.7. The van der Waals surface area contributed by atoms with Crippen LogP contribution in [0.4, 0.5) is 28.7 Å². The number of nitrogens with two attached hydrogens (primary N) is 1. The molecule has 8 nitrogen and oxygen atoms in total. The van der Waals surface area contributed by atoms with Crippen molar-refractivity contribution in [2.24, 2.45) is 0 Å². The van der Waals surface area contributed by atoms with Crippen LogP contribution in [0.15, 0.2) is 54.7 Å². The lowest BCUT2D eigenvalue weighted by atomic mass is 10.1. The van der Waals surface area contributed by atoms with Crippen molar-refractivity contribution in [2.75, 3.05) is 47.6 Å². The molecule has 1 saturated heterocycles. The van der Waals surface area contributed by atoms with Crippen LogP contribution in [-0.2, 0) is 9.53 Å². The number of nitrogen functional groups attached to an aromatic ring is 1. The molecular formula is C22H24N6O2. The number of nitrogens with one attached hydrogen (secondary N) is 2. The second-order valence-electron chi connectivity index (χ2n) is 7.02. The van der Waals surface area contributed by atoms with Crippen LogP contribution in [-0.4, -0.2) is 42.2 Å². The van der Waals surface area contributed by atoms with Crippen molar-refractivity contribution in [1.82, 2.24) is 9.97 Å². The third-order valence-electron chi connectivity index (χ3n) is 4.79. The van der Waals surface area contributed by atoms with E-state index >= 15 is 0 Å². The largest absolute Gasteiger partial charge is 0.397 e. The van der Waals surface area contributed by atoms with Crippen molar-refractivity contribution in [3.63, 3.8) is 0 Å². The molecule has 4 N–H and O–H groups in total. The zero-order chi connectivity index (χ0) is 20.9. The Hall–Kier alpha value is -3.65. The zero-order valence-electron chi connectivity index (χ0n) is 16.8. The number of benzene rings is 2. The molecule has 0 bridgehead atoms. The van der Waals surface area contributed by atoms with Gasteiger partial charge in [0, 0.05) is 43.1 Å². The lowest BCUT2D eigenvalue weighted by Gasteiger charge is -2.30. The van der Waals surface area contributed by atoms with Crippen molar-refractivity contribution in [1.29, 1.82) is 0 Å². The van der Waals surface area contributed by atoms with Crippen LogP contribution in [0, 0.1) is 0 Å². The summed E-state index contributed by atoms with van der Waals surface area (Å²) in [6, 6.07) is 15.2. The molecule has 1 aromatic heterocycles. The molecular weight excluding hydrogens is 380 g/mol. The molecule has 0 aliphatic carbocycles. The molecule has 1 aliphatic rings. The summed E-state index contributed by atoms with van der Waals surface area (Å²) in [6.07, 6.45) is 1.71. The number of carbonyl (C=O) groups excluding carboxylic acids is 1. The SMILES string of the molecule is CC(=O)Nc1ccc(-c2ccnc(Nc3ccc(N4CCOCC4)c(N)c3)n2)cc1. The molecule has 1 aliphatic heterocycles. The molecule has 2 heterocycles. The number of aromatic nitrogens is 2. The zero-order valence-corrected chi connectivity index (χ0v) is 16.8. The van der Waals surface area contributed by atoms with Gasteiger partial charge in [0.05, 0.1) is 30.3 Å². The van der Waals surface area contributed by atoms with E-state index in [0.717, 1.165) is 41.4 Å². The molecule has 0 saturated carbocycles. The molecule has 3 aromatic rings. The number of anilines is 5. The van der Waals surface area contributed by atoms with E-state index in [1.54, 1.807) is 6.20 Å². The van der Waals surface area contributed by atoms with Gasteiger partial charge in [-0.05, 0) is 36.4 Å². The fraction of sp³-hybridized carbons (Fsp3) is 0.227. The van der Waals surface area contributed by atoms with Crippen molar-refractivity contribution >= 4 is 34.6 Å². The Bertz CT molecular complexity index is 1030. The van der Waals surface area contributed by atoms with Crippen LogP contribution in [0.25, 0.3) is 11.3 Å². The number of carbonyl (C=O) groups is 1. The van der Waals surface area contributed by atoms with Gasteiger partial charge in [-0.25, -0.2) is 9.97 Å². The molecule has 2 aromatic carbocycles. The minimum absolute atomic E-state index is 0.102. The predicted octanol–water partition coefficient (Wildman–Crippen LogP) is 3.26. The Morgan fingerprint density at radius 2 is 1.80 bits per heavy atom. The lowest BCUT2D eigenvalue weighted by molar-refractivity contribution is -0.114. The van der Waals surface area contributed by atoms with Crippen molar-refractivity contribution in [2.45, 2.75) is 6.92 Å². The molecule has 0 atom stereocenters. The summed E-state index contributed by atoms with van der Waals surface area (Å²) in [5.41, 5.74) is 11.3. The van der Waals surface area contributed by atoms with Gasteiger partial charge >= 0.3 is 0 Å². The van der Waals surface area contributed by atoms with E-state index in [1.807, 2.05) is 48.5 Å². The summed E-state index contributed by atoms with van der Waals surface area (Å²) in [6.45, 7) is 4.58. The maximum Gasteiger partial charge on any atom is 0.227 e. The second-order valence-corrected chi connectivity index (χ2v) is 7.02. The molecule has 0 unspecified atom stereocenters. The summed E-state index contributed by atoms with van der Waals surface area (Å²) in [5, 5.41) is 5.97. The summed E-state index contributed by atoms with van der Waals surface area (Å²) < 4.78 is 5.40. The van der Waals surface area contributed by atoms with Gasteiger partial charge < -0.3 is 26.0 Å². The molecule has 4 rings (SSSR count). The standard InChI is InChI=1S/C22H24N6O2/c1-15(29)25-17-4-2-16(3-5-17)20-8-9-24-22(27-20)26-18-6-7-21(19(23)14-18)28-10-12-30-13-11-28/h2-9,14H,10-13,23H2,1H3,(H,25,29)(H,24,26,27). The first-order valence-electron chi connectivity index (χ1n) is 9.79. The monoisotopic (exact) mass is 404 g/mol. The van der Waals surface area contributed by atoms with E-state index in [0.29, 0.717) is 24.8 Å². The van der Waals surface area contributed by atoms with Gasteiger partial charge in [-0.15, -0.1) is 0 Å². The average molecular weight is 404 g/mol. The van der Waals surface area contributed by atoms with Gasteiger partial charge in [-0.1, -0.05) is 12.1 Å². The lowest BCUT2D eigenvalue weighted by Crippen LogP contribution is -2.36. The highest BCUT2D eigenvalue weighted by atomic mass is 16.5. The third-order valence-corrected chi connectivity index (χ3v) is 4.79. The van der Waals surface area contributed by atoms with Crippen LogP contribution in [0.3, 0.4) is 0 Å². The normalized spacial score (nSPS) is 13.7. The number of nitrogens with zero attached hydrogens (tertiary/aromatic N) is 3. The molecule has 30 heavy (non-hydrogen) atoms. The highest BCUT2D eigenvalue weighted by molar-refractivity contribution is 5.88. The van der Waals surface area contributed by atoms with Gasteiger partial charge in [-0.2, -0.15) is 0 Å². The average Bonchev–Trinajstić information content (AvgIpc) is 2.75. The number of hydrogen-bond acceptors (Lipinski definition) is 7. The van der Waals surface area contributed by atoms with Gasteiger partial charge in [0.15, 0.2) is 0 Å². The molecule has 0 spiro atoms. The Labute approximate surface area is 175 Å². The van der Waals surface area contributed by atoms with Gasteiger partial charge in [0.1, 0.15) is 0 Å². The number of ether oxygens (including phenoxy) is 1. The third kappa shape index (κ3) is 4.66. The van der Waals surface area contributed by atoms with Crippen LogP contribution in [0.2, 0.25) is 0 Å². The highest BCUT2D eigenvalue weighted by Crippen LogP contribution is 2.28. The summed E-state index contributed by atoms with van der Waals surface area (Å²) in [4.78, 5) is 22.3. The minimum atomic E-state index is -0.102. The first-order valence-corrected chi connectivity index (χ1v) is 9.79. The quantitative estimate of drug-likeness (QED) is 0.561. The van der Waals surface area contributed by atoms with Crippen LogP contribution in [0.5, 0.6) is 0 Å². The van der Waals surface area contributed by atoms with Crippen molar-refractivity contribution < 1.29 is 9.53 Å². The maximum absolute atomic E-state index is 11.2. The topological polar surface area (TPSA) is 105 Å². The maximum atomic E-state index is 11.2. The summed E-state index contributed by atoms with van der Waals surface area (Å²) in [5.74, 6) is 0.382. The van der Waals surface area contributed by atoms with E-state index in [4.69, 9.17) is 10.5 Å². The molecule has 8 heteroatoms. The molecule has 0 radical (unpaired) electrons. The van der Waals surface area contributed by atoms with E-state index in [-0.39, 0.29) is 5.91 Å². The van der Waals surface area contributed by atoms with Crippen molar-refractivity contribution in [3.05, 3.63) is 54.7 Å².